The number of carbonyl (C=O) groups excluding carboxylic acids is 2. The predicted octanol–water partition coefficient (Wildman–Crippen LogP) is 5.01. The van der Waals surface area contributed by atoms with Crippen LogP contribution in [0.1, 0.15) is 37.2 Å². The molecule has 1 heterocycles. The van der Waals surface area contributed by atoms with Crippen molar-refractivity contribution >= 4 is 29.0 Å². The fraction of sp³-hybridized carbons (Fsp3) is 0.238. The molecule has 0 bridgehead atoms. The summed E-state index contributed by atoms with van der Waals surface area (Å²) in [6, 6.07) is 13.1. The second-order valence-corrected chi connectivity index (χ2v) is 7.09. The molecule has 1 atom stereocenters. The summed E-state index contributed by atoms with van der Waals surface area (Å²) in [6.07, 6.45) is 2.08. The molecule has 2 aliphatic rings. The summed E-state index contributed by atoms with van der Waals surface area (Å²) < 4.78 is 13.3. The third-order valence-electron chi connectivity index (χ3n) is 5.03. The molecule has 5 heteroatoms. The SMILES string of the molecule is O=C1CCCC2=C1C(c1ccc(F)cc1)CC(=O)N2c1ccc(Cl)cc1. The molecule has 0 aromatic heterocycles. The summed E-state index contributed by atoms with van der Waals surface area (Å²) in [6.45, 7) is 0. The number of Topliss-reactive ketones (excluding diaryl/α,β-unsaturated/α-hetero) is 1. The number of hydrogen-bond acceptors (Lipinski definition) is 2. The zero-order valence-corrected chi connectivity index (χ0v) is 14.8. The van der Waals surface area contributed by atoms with Crippen LogP contribution in [-0.4, -0.2) is 11.7 Å². The van der Waals surface area contributed by atoms with Gasteiger partial charge in [-0.1, -0.05) is 23.7 Å². The summed E-state index contributed by atoms with van der Waals surface area (Å²) >= 11 is 5.96. The summed E-state index contributed by atoms with van der Waals surface area (Å²) in [5.41, 5.74) is 2.99. The Bertz CT molecular complexity index is 903. The number of allylic oxidation sites excluding steroid dienone is 2. The maximum atomic E-state index is 13.3. The van der Waals surface area contributed by atoms with E-state index in [0.717, 1.165) is 23.4 Å². The van der Waals surface area contributed by atoms with Gasteiger partial charge in [0.1, 0.15) is 5.82 Å². The van der Waals surface area contributed by atoms with E-state index in [0.29, 0.717) is 23.4 Å². The number of carbonyl (C=O) groups is 2. The van der Waals surface area contributed by atoms with Crippen LogP contribution in [-0.2, 0) is 9.59 Å². The predicted molar refractivity (Wildman–Crippen MR) is 98.6 cm³/mol. The Morgan fingerprint density at radius 2 is 1.65 bits per heavy atom. The van der Waals surface area contributed by atoms with Crippen LogP contribution < -0.4 is 4.90 Å². The van der Waals surface area contributed by atoms with Gasteiger partial charge in [-0.3, -0.25) is 14.5 Å². The van der Waals surface area contributed by atoms with Crippen LogP contribution in [0.3, 0.4) is 0 Å². The van der Waals surface area contributed by atoms with Crippen LogP contribution in [0.25, 0.3) is 0 Å². The average Bonchev–Trinajstić information content (AvgIpc) is 2.63. The van der Waals surface area contributed by atoms with E-state index in [9.17, 15) is 14.0 Å². The number of nitrogens with zero attached hydrogens (tertiary/aromatic N) is 1. The summed E-state index contributed by atoms with van der Waals surface area (Å²) in [7, 11) is 0. The summed E-state index contributed by atoms with van der Waals surface area (Å²) in [5.74, 6) is -0.626. The Morgan fingerprint density at radius 1 is 0.962 bits per heavy atom. The van der Waals surface area contributed by atoms with E-state index in [1.165, 1.54) is 12.1 Å². The third kappa shape index (κ3) is 2.95. The highest BCUT2D eigenvalue weighted by Gasteiger charge is 2.39. The molecule has 3 nitrogen and oxygen atoms in total. The number of rotatable bonds is 2. The van der Waals surface area contributed by atoms with Gasteiger partial charge in [0.25, 0.3) is 0 Å². The molecule has 2 aromatic carbocycles. The lowest BCUT2D eigenvalue weighted by Gasteiger charge is -2.38. The van der Waals surface area contributed by atoms with Crippen LogP contribution in [0.15, 0.2) is 59.8 Å². The van der Waals surface area contributed by atoms with Gasteiger partial charge in [-0.05, 0) is 54.8 Å². The van der Waals surface area contributed by atoms with Crippen molar-refractivity contribution in [2.75, 3.05) is 4.90 Å². The van der Waals surface area contributed by atoms with E-state index in [1.807, 2.05) is 0 Å². The van der Waals surface area contributed by atoms with Crippen molar-refractivity contribution in [3.05, 3.63) is 76.2 Å². The zero-order chi connectivity index (χ0) is 18.3. The minimum absolute atomic E-state index is 0.0601. The van der Waals surface area contributed by atoms with Gasteiger partial charge in [-0.15, -0.1) is 0 Å². The minimum atomic E-state index is -0.331. The molecule has 2 aromatic rings. The number of halogens is 2. The Kier molecular flexibility index (Phi) is 4.37. The van der Waals surface area contributed by atoms with Crippen molar-refractivity contribution in [1.82, 2.24) is 0 Å². The second kappa shape index (κ2) is 6.69. The second-order valence-electron chi connectivity index (χ2n) is 6.65. The average molecular weight is 370 g/mol. The van der Waals surface area contributed by atoms with Crippen LogP contribution in [0.2, 0.25) is 5.02 Å². The van der Waals surface area contributed by atoms with Gasteiger partial charge < -0.3 is 0 Å². The highest BCUT2D eigenvalue weighted by atomic mass is 35.5. The lowest BCUT2D eigenvalue weighted by molar-refractivity contribution is -0.119. The van der Waals surface area contributed by atoms with E-state index < -0.39 is 0 Å². The molecule has 0 fully saturated rings. The number of hydrogen-bond donors (Lipinski definition) is 0. The van der Waals surface area contributed by atoms with Crippen LogP contribution in [0, 0.1) is 5.82 Å². The van der Waals surface area contributed by atoms with E-state index >= 15 is 0 Å². The summed E-state index contributed by atoms with van der Waals surface area (Å²) in [5, 5.41) is 0.594. The molecule has 4 rings (SSSR count). The lowest BCUT2D eigenvalue weighted by atomic mass is 9.77. The van der Waals surface area contributed by atoms with Crippen LogP contribution in [0.5, 0.6) is 0 Å². The van der Waals surface area contributed by atoms with E-state index in [2.05, 4.69) is 0 Å². The first-order valence-corrected chi connectivity index (χ1v) is 9.02. The zero-order valence-electron chi connectivity index (χ0n) is 14.0. The maximum Gasteiger partial charge on any atom is 0.232 e. The molecule has 0 N–H and O–H groups in total. The van der Waals surface area contributed by atoms with Crippen molar-refractivity contribution in [2.24, 2.45) is 0 Å². The molecule has 0 radical (unpaired) electrons. The smallest absolute Gasteiger partial charge is 0.232 e. The van der Waals surface area contributed by atoms with E-state index in [1.54, 1.807) is 41.3 Å². The van der Waals surface area contributed by atoms with Gasteiger partial charge in [0.05, 0.1) is 0 Å². The fourth-order valence-electron chi connectivity index (χ4n) is 3.86. The van der Waals surface area contributed by atoms with Gasteiger partial charge in [-0.2, -0.15) is 0 Å². The van der Waals surface area contributed by atoms with Crippen molar-refractivity contribution in [2.45, 2.75) is 31.6 Å². The first-order chi connectivity index (χ1) is 12.5. The highest BCUT2D eigenvalue weighted by molar-refractivity contribution is 6.30. The number of ketones is 1. The van der Waals surface area contributed by atoms with Gasteiger partial charge >= 0.3 is 0 Å². The first-order valence-electron chi connectivity index (χ1n) is 8.65. The Hall–Kier alpha value is -2.46. The number of benzene rings is 2. The van der Waals surface area contributed by atoms with Gasteiger partial charge in [0.15, 0.2) is 5.78 Å². The lowest BCUT2D eigenvalue weighted by Crippen LogP contribution is -2.40. The number of anilines is 1. The molecule has 1 amide bonds. The minimum Gasteiger partial charge on any atom is -0.294 e. The van der Waals surface area contributed by atoms with Gasteiger partial charge in [0.2, 0.25) is 5.91 Å². The van der Waals surface area contributed by atoms with Crippen molar-refractivity contribution in [3.63, 3.8) is 0 Å². The topological polar surface area (TPSA) is 37.4 Å². The molecular weight excluding hydrogens is 353 g/mol. The van der Waals surface area contributed by atoms with Gasteiger partial charge in [-0.25, -0.2) is 4.39 Å². The molecule has 1 unspecified atom stereocenters. The molecule has 132 valence electrons. The largest absolute Gasteiger partial charge is 0.294 e. The van der Waals surface area contributed by atoms with Crippen molar-refractivity contribution in [1.29, 1.82) is 0 Å². The van der Waals surface area contributed by atoms with E-state index in [-0.39, 0.29) is 29.8 Å². The summed E-state index contributed by atoms with van der Waals surface area (Å²) in [4.78, 5) is 27.3. The Balaban J connectivity index is 1.84. The maximum absolute atomic E-state index is 13.3. The highest BCUT2D eigenvalue weighted by Crippen LogP contribution is 2.43. The third-order valence-corrected chi connectivity index (χ3v) is 5.28. The molecule has 26 heavy (non-hydrogen) atoms. The molecule has 1 aliphatic carbocycles. The van der Waals surface area contributed by atoms with Crippen LogP contribution >= 0.6 is 11.6 Å². The molecule has 0 saturated carbocycles. The normalized spacial score (nSPS) is 20.4. The quantitative estimate of drug-likeness (QED) is 0.746. The molecular formula is C21H17ClFNO2. The molecule has 0 saturated heterocycles. The van der Waals surface area contributed by atoms with E-state index in [4.69, 9.17) is 11.6 Å². The number of amides is 1. The monoisotopic (exact) mass is 369 g/mol. The Labute approximate surface area is 156 Å². The standard InChI is InChI=1S/C21H17ClFNO2/c22-14-6-10-16(11-7-14)24-18-2-1-3-19(25)21(18)17(12-20(24)26)13-4-8-15(23)9-5-13/h4-11,17H,1-3,12H2. The van der Waals surface area contributed by atoms with Gasteiger partial charge in [0, 0.05) is 40.7 Å². The fourth-order valence-corrected chi connectivity index (χ4v) is 3.99. The first kappa shape index (κ1) is 17.0. The molecule has 1 aliphatic heterocycles. The van der Waals surface area contributed by atoms with Crippen LogP contribution in [0.4, 0.5) is 10.1 Å². The Morgan fingerprint density at radius 3 is 2.35 bits per heavy atom. The van der Waals surface area contributed by atoms with Crippen molar-refractivity contribution < 1.29 is 14.0 Å². The van der Waals surface area contributed by atoms with Crippen molar-refractivity contribution in [3.8, 4) is 0 Å². The molecule has 0 spiro atoms.